The standard InChI is InChI=1S/C20H21FN2O5/c1-3-4-14-5-10-17(18(11-14)26-2)28-13-20(25)23-22-19(24)12-27-16-8-6-15(21)7-9-16/h3-11H,12-13H2,1-2H3,(H,22,24)(H,23,25)/b4-3+. The zero-order valence-corrected chi connectivity index (χ0v) is 15.5. The smallest absolute Gasteiger partial charge is 0.276 e. The van der Waals surface area contributed by atoms with Gasteiger partial charge >= 0.3 is 0 Å². The van der Waals surface area contributed by atoms with Gasteiger partial charge in [0.15, 0.2) is 24.7 Å². The number of methoxy groups -OCH3 is 1. The van der Waals surface area contributed by atoms with Crippen molar-refractivity contribution in [2.24, 2.45) is 0 Å². The first kappa shape index (κ1) is 20.8. The van der Waals surface area contributed by atoms with Gasteiger partial charge < -0.3 is 14.2 Å². The van der Waals surface area contributed by atoms with Gasteiger partial charge in [-0.1, -0.05) is 18.2 Å². The topological polar surface area (TPSA) is 85.9 Å². The van der Waals surface area contributed by atoms with Gasteiger partial charge in [0.2, 0.25) is 0 Å². The van der Waals surface area contributed by atoms with E-state index >= 15 is 0 Å². The van der Waals surface area contributed by atoms with Crippen LogP contribution in [-0.2, 0) is 9.59 Å². The molecule has 0 atom stereocenters. The Bertz CT molecular complexity index is 837. The van der Waals surface area contributed by atoms with Gasteiger partial charge in [0, 0.05) is 0 Å². The van der Waals surface area contributed by atoms with Crippen LogP contribution >= 0.6 is 0 Å². The summed E-state index contributed by atoms with van der Waals surface area (Å²) in [5.41, 5.74) is 5.34. The van der Waals surface area contributed by atoms with E-state index in [-0.39, 0.29) is 13.2 Å². The van der Waals surface area contributed by atoms with E-state index in [0.29, 0.717) is 17.2 Å². The summed E-state index contributed by atoms with van der Waals surface area (Å²) >= 11 is 0. The third kappa shape index (κ3) is 6.64. The van der Waals surface area contributed by atoms with Crippen molar-refractivity contribution in [3.63, 3.8) is 0 Å². The van der Waals surface area contributed by atoms with Crippen molar-refractivity contribution in [2.75, 3.05) is 20.3 Å². The molecule has 2 aromatic rings. The zero-order valence-electron chi connectivity index (χ0n) is 15.5. The van der Waals surface area contributed by atoms with E-state index in [1.807, 2.05) is 25.1 Å². The average Bonchev–Trinajstić information content (AvgIpc) is 2.71. The predicted octanol–water partition coefficient (Wildman–Crippen LogP) is 2.47. The van der Waals surface area contributed by atoms with E-state index in [1.165, 1.54) is 31.4 Å². The summed E-state index contributed by atoms with van der Waals surface area (Å²) in [6.07, 6.45) is 3.80. The minimum Gasteiger partial charge on any atom is -0.493 e. The predicted molar refractivity (Wildman–Crippen MR) is 101 cm³/mol. The molecule has 8 heteroatoms. The molecule has 0 saturated heterocycles. The maximum atomic E-state index is 12.8. The molecular formula is C20H21FN2O5. The number of carbonyl (C=O) groups is 2. The number of halogens is 1. The van der Waals surface area contributed by atoms with Gasteiger partial charge in [-0.15, -0.1) is 0 Å². The van der Waals surface area contributed by atoms with Gasteiger partial charge in [0.1, 0.15) is 11.6 Å². The number of benzene rings is 2. The van der Waals surface area contributed by atoms with Crippen LogP contribution in [0.5, 0.6) is 17.2 Å². The summed E-state index contributed by atoms with van der Waals surface area (Å²) in [5.74, 6) is -0.325. The first-order valence-electron chi connectivity index (χ1n) is 8.41. The zero-order chi connectivity index (χ0) is 20.4. The Kier molecular flexibility index (Phi) is 7.83. The third-order valence-electron chi connectivity index (χ3n) is 3.43. The monoisotopic (exact) mass is 388 g/mol. The number of hydrogen-bond donors (Lipinski definition) is 2. The van der Waals surface area contributed by atoms with Crippen molar-refractivity contribution in [2.45, 2.75) is 6.92 Å². The number of carbonyl (C=O) groups excluding carboxylic acids is 2. The second kappa shape index (κ2) is 10.6. The quantitative estimate of drug-likeness (QED) is 0.679. The summed E-state index contributed by atoms with van der Waals surface area (Å²) < 4.78 is 28.6. The van der Waals surface area contributed by atoms with E-state index in [1.54, 1.807) is 12.1 Å². The fourth-order valence-corrected chi connectivity index (χ4v) is 2.13. The van der Waals surface area contributed by atoms with Crippen LogP contribution in [0.15, 0.2) is 48.5 Å². The summed E-state index contributed by atoms with van der Waals surface area (Å²) in [6.45, 7) is 1.24. The highest BCUT2D eigenvalue weighted by Crippen LogP contribution is 2.28. The molecule has 0 aliphatic heterocycles. The van der Waals surface area contributed by atoms with Crippen LogP contribution in [0.3, 0.4) is 0 Å². The van der Waals surface area contributed by atoms with Gasteiger partial charge in [-0.05, 0) is 48.9 Å². The summed E-state index contributed by atoms with van der Waals surface area (Å²) in [7, 11) is 1.50. The Morgan fingerprint density at radius 1 is 0.964 bits per heavy atom. The molecule has 0 aliphatic carbocycles. The van der Waals surface area contributed by atoms with Crippen LogP contribution in [0, 0.1) is 5.82 Å². The van der Waals surface area contributed by atoms with Crippen molar-refractivity contribution in [3.05, 3.63) is 59.9 Å². The number of amides is 2. The second-order valence-corrected chi connectivity index (χ2v) is 5.54. The fraction of sp³-hybridized carbons (Fsp3) is 0.200. The van der Waals surface area contributed by atoms with Gasteiger partial charge in [-0.2, -0.15) is 0 Å². The molecule has 148 valence electrons. The number of hydrogen-bond acceptors (Lipinski definition) is 5. The first-order valence-corrected chi connectivity index (χ1v) is 8.41. The molecule has 2 amide bonds. The SMILES string of the molecule is C/C=C/c1ccc(OCC(=O)NNC(=O)COc2ccc(F)cc2)c(OC)c1. The number of ether oxygens (including phenoxy) is 3. The van der Waals surface area contributed by atoms with E-state index in [9.17, 15) is 14.0 Å². The Balaban J connectivity index is 1.74. The molecule has 0 unspecified atom stereocenters. The lowest BCUT2D eigenvalue weighted by atomic mass is 10.2. The molecule has 0 saturated carbocycles. The summed E-state index contributed by atoms with van der Waals surface area (Å²) in [4.78, 5) is 23.5. The molecule has 0 spiro atoms. The van der Waals surface area contributed by atoms with E-state index < -0.39 is 17.6 Å². The van der Waals surface area contributed by atoms with Crippen LogP contribution in [0.4, 0.5) is 4.39 Å². The van der Waals surface area contributed by atoms with Gasteiger partial charge in [-0.3, -0.25) is 20.4 Å². The Labute approximate surface area is 162 Å². The molecule has 0 heterocycles. The molecule has 0 aromatic heterocycles. The minimum absolute atomic E-state index is 0.321. The maximum Gasteiger partial charge on any atom is 0.276 e. The third-order valence-corrected chi connectivity index (χ3v) is 3.43. The lowest BCUT2D eigenvalue weighted by molar-refractivity contribution is -0.131. The number of hydrazine groups is 1. The molecule has 0 aliphatic rings. The lowest BCUT2D eigenvalue weighted by Gasteiger charge is -2.12. The highest BCUT2D eigenvalue weighted by atomic mass is 19.1. The number of nitrogens with one attached hydrogen (secondary N) is 2. The molecule has 0 fully saturated rings. The Morgan fingerprint density at radius 2 is 1.61 bits per heavy atom. The molecule has 0 bridgehead atoms. The van der Waals surface area contributed by atoms with E-state index in [0.717, 1.165) is 5.56 Å². The van der Waals surface area contributed by atoms with Crippen LogP contribution in [0.25, 0.3) is 6.08 Å². The van der Waals surface area contributed by atoms with Crippen LogP contribution in [0.1, 0.15) is 12.5 Å². The molecule has 28 heavy (non-hydrogen) atoms. The van der Waals surface area contributed by atoms with Crippen LogP contribution < -0.4 is 25.1 Å². The minimum atomic E-state index is -0.578. The highest BCUT2D eigenvalue weighted by molar-refractivity contribution is 5.83. The maximum absolute atomic E-state index is 12.8. The highest BCUT2D eigenvalue weighted by Gasteiger charge is 2.09. The van der Waals surface area contributed by atoms with Crippen LogP contribution in [-0.4, -0.2) is 32.1 Å². The molecule has 2 N–H and O–H groups in total. The Morgan fingerprint density at radius 3 is 2.21 bits per heavy atom. The van der Waals surface area contributed by atoms with Gasteiger partial charge in [0.05, 0.1) is 7.11 Å². The summed E-state index contributed by atoms with van der Waals surface area (Å²) in [6, 6.07) is 10.5. The normalized spacial score (nSPS) is 10.4. The first-order chi connectivity index (χ1) is 13.5. The fourth-order valence-electron chi connectivity index (χ4n) is 2.13. The van der Waals surface area contributed by atoms with Crippen molar-refractivity contribution in [3.8, 4) is 17.2 Å². The number of rotatable bonds is 8. The Hall–Kier alpha value is -3.55. The van der Waals surface area contributed by atoms with Crippen molar-refractivity contribution < 1.29 is 28.2 Å². The van der Waals surface area contributed by atoms with Crippen molar-refractivity contribution >= 4 is 17.9 Å². The number of allylic oxidation sites excluding steroid dienone is 1. The summed E-state index contributed by atoms with van der Waals surface area (Å²) in [5, 5.41) is 0. The lowest BCUT2D eigenvalue weighted by Crippen LogP contribution is -2.45. The molecular weight excluding hydrogens is 367 g/mol. The van der Waals surface area contributed by atoms with Gasteiger partial charge in [-0.25, -0.2) is 4.39 Å². The van der Waals surface area contributed by atoms with E-state index in [4.69, 9.17) is 14.2 Å². The van der Waals surface area contributed by atoms with Crippen molar-refractivity contribution in [1.82, 2.24) is 10.9 Å². The van der Waals surface area contributed by atoms with Crippen LogP contribution in [0.2, 0.25) is 0 Å². The largest absolute Gasteiger partial charge is 0.493 e. The molecule has 2 aromatic carbocycles. The van der Waals surface area contributed by atoms with E-state index in [2.05, 4.69) is 10.9 Å². The molecule has 2 rings (SSSR count). The average molecular weight is 388 g/mol. The molecule has 0 radical (unpaired) electrons. The van der Waals surface area contributed by atoms with Crippen molar-refractivity contribution in [1.29, 1.82) is 0 Å². The van der Waals surface area contributed by atoms with Gasteiger partial charge in [0.25, 0.3) is 11.8 Å². The second-order valence-electron chi connectivity index (χ2n) is 5.54. The molecule has 7 nitrogen and oxygen atoms in total.